The molecular formula is C19H15BrN2O2S. The van der Waals surface area contributed by atoms with E-state index in [1.54, 1.807) is 12.1 Å². The Kier molecular flexibility index (Phi) is 5.37. The average Bonchev–Trinajstić information content (AvgIpc) is 2.93. The van der Waals surface area contributed by atoms with Gasteiger partial charge in [-0.25, -0.2) is 0 Å². The largest absolute Gasteiger partial charge is 0.494 e. The highest BCUT2D eigenvalue weighted by Crippen LogP contribution is 2.23. The van der Waals surface area contributed by atoms with Gasteiger partial charge in [-0.3, -0.25) is 4.79 Å². The van der Waals surface area contributed by atoms with Crippen molar-refractivity contribution >= 4 is 43.4 Å². The zero-order chi connectivity index (χ0) is 17.8. The van der Waals surface area contributed by atoms with E-state index in [-0.39, 0.29) is 5.91 Å². The number of carbonyl (C=O) groups excluding carboxylic acids is 1. The van der Waals surface area contributed by atoms with Gasteiger partial charge in [-0.2, -0.15) is 4.99 Å². The van der Waals surface area contributed by atoms with Gasteiger partial charge in [0, 0.05) is 10.0 Å². The lowest BCUT2D eigenvalue weighted by molar-refractivity contribution is 0.0998. The second kappa shape index (κ2) is 7.68. The lowest BCUT2D eigenvalue weighted by Gasteiger charge is -2.03. The van der Waals surface area contributed by atoms with E-state index in [0.29, 0.717) is 23.5 Å². The summed E-state index contributed by atoms with van der Waals surface area (Å²) in [5, 5.41) is 0. The van der Waals surface area contributed by atoms with Crippen molar-refractivity contribution in [3.8, 4) is 18.1 Å². The maximum absolute atomic E-state index is 12.5. The number of ether oxygens (including phenoxy) is 1. The molecule has 0 unspecified atom stereocenters. The van der Waals surface area contributed by atoms with E-state index in [9.17, 15) is 4.79 Å². The van der Waals surface area contributed by atoms with E-state index in [4.69, 9.17) is 11.2 Å². The number of terminal acetylenes is 1. The number of hydrogen-bond donors (Lipinski definition) is 0. The number of thiazole rings is 1. The fourth-order valence-corrected chi connectivity index (χ4v) is 3.70. The van der Waals surface area contributed by atoms with Crippen molar-refractivity contribution in [2.24, 2.45) is 4.99 Å². The van der Waals surface area contributed by atoms with Crippen molar-refractivity contribution in [3.05, 3.63) is 57.3 Å². The van der Waals surface area contributed by atoms with Crippen LogP contribution in [-0.4, -0.2) is 17.1 Å². The number of rotatable bonds is 4. The fourth-order valence-electron chi connectivity index (χ4n) is 2.38. The van der Waals surface area contributed by atoms with Crippen molar-refractivity contribution < 1.29 is 9.53 Å². The molecule has 0 spiro atoms. The molecular weight excluding hydrogens is 400 g/mol. The predicted molar refractivity (Wildman–Crippen MR) is 104 cm³/mol. The first-order valence-electron chi connectivity index (χ1n) is 7.66. The second-order valence-corrected chi connectivity index (χ2v) is 7.09. The van der Waals surface area contributed by atoms with E-state index < -0.39 is 0 Å². The summed E-state index contributed by atoms with van der Waals surface area (Å²) in [6.07, 6.45) is 5.49. The van der Waals surface area contributed by atoms with Gasteiger partial charge in [0.25, 0.3) is 5.91 Å². The number of aromatic nitrogens is 1. The van der Waals surface area contributed by atoms with Crippen LogP contribution < -0.4 is 9.54 Å². The zero-order valence-electron chi connectivity index (χ0n) is 13.5. The summed E-state index contributed by atoms with van der Waals surface area (Å²) in [5.41, 5.74) is 1.47. The van der Waals surface area contributed by atoms with Crippen molar-refractivity contribution in [2.75, 3.05) is 6.61 Å². The van der Waals surface area contributed by atoms with Crippen molar-refractivity contribution in [1.82, 2.24) is 4.57 Å². The van der Waals surface area contributed by atoms with Crippen LogP contribution in [0.3, 0.4) is 0 Å². The Hall–Kier alpha value is -2.36. The summed E-state index contributed by atoms with van der Waals surface area (Å²) >= 11 is 4.78. The molecule has 0 atom stereocenters. The van der Waals surface area contributed by atoms with Gasteiger partial charge >= 0.3 is 0 Å². The minimum Gasteiger partial charge on any atom is -0.494 e. The Bertz CT molecular complexity index is 1030. The van der Waals surface area contributed by atoms with Crippen molar-refractivity contribution in [1.29, 1.82) is 0 Å². The number of amides is 1. The highest BCUT2D eigenvalue weighted by Gasteiger charge is 2.10. The molecule has 6 heteroatoms. The van der Waals surface area contributed by atoms with Crippen molar-refractivity contribution in [2.45, 2.75) is 13.5 Å². The van der Waals surface area contributed by atoms with Crippen LogP contribution in [-0.2, 0) is 6.54 Å². The van der Waals surface area contributed by atoms with Gasteiger partial charge in [0.05, 0.1) is 23.4 Å². The predicted octanol–water partition coefficient (Wildman–Crippen LogP) is 4.24. The number of benzene rings is 2. The van der Waals surface area contributed by atoms with Crippen LogP contribution in [0.2, 0.25) is 0 Å². The summed E-state index contributed by atoms with van der Waals surface area (Å²) in [7, 11) is 0. The first-order valence-corrected chi connectivity index (χ1v) is 9.27. The zero-order valence-corrected chi connectivity index (χ0v) is 15.9. The smallest absolute Gasteiger partial charge is 0.279 e. The second-order valence-electron chi connectivity index (χ2n) is 5.16. The molecule has 25 heavy (non-hydrogen) atoms. The quantitative estimate of drug-likeness (QED) is 0.599. The Balaban J connectivity index is 2.10. The molecule has 0 aliphatic rings. The van der Waals surface area contributed by atoms with Crippen LogP contribution in [0, 0.1) is 12.3 Å². The molecule has 0 N–H and O–H groups in total. The standard InChI is InChI=1S/C19H15BrN2O2S/c1-3-11-22-16-10-9-15(24-4-2)12-17(16)25-19(22)21-18(23)13-5-7-14(20)8-6-13/h1,5-10,12H,4,11H2,2H3. The van der Waals surface area contributed by atoms with E-state index in [0.717, 1.165) is 20.4 Å². The molecule has 0 bridgehead atoms. The summed E-state index contributed by atoms with van der Waals surface area (Å²) in [5.74, 6) is 3.11. The van der Waals surface area contributed by atoms with E-state index in [1.807, 2.05) is 41.8 Å². The molecule has 1 amide bonds. The highest BCUT2D eigenvalue weighted by atomic mass is 79.9. The molecule has 0 saturated carbocycles. The summed E-state index contributed by atoms with van der Waals surface area (Å²) in [4.78, 5) is 17.3. The fraction of sp³-hybridized carbons (Fsp3) is 0.158. The van der Waals surface area contributed by atoms with Gasteiger partial charge in [-0.15, -0.1) is 6.42 Å². The third kappa shape index (κ3) is 3.84. The van der Waals surface area contributed by atoms with Crippen LogP contribution in [0.5, 0.6) is 5.75 Å². The first-order chi connectivity index (χ1) is 12.1. The molecule has 3 rings (SSSR count). The van der Waals surface area contributed by atoms with Crippen molar-refractivity contribution in [3.63, 3.8) is 0 Å². The van der Waals surface area contributed by atoms with Crippen LogP contribution in [0.4, 0.5) is 0 Å². The minimum atomic E-state index is -0.296. The summed E-state index contributed by atoms with van der Waals surface area (Å²) in [6, 6.07) is 12.9. The molecule has 4 nitrogen and oxygen atoms in total. The molecule has 1 aromatic heterocycles. The molecule has 0 saturated heterocycles. The maximum atomic E-state index is 12.5. The Morgan fingerprint density at radius 2 is 2.08 bits per heavy atom. The van der Waals surface area contributed by atoms with Gasteiger partial charge < -0.3 is 9.30 Å². The molecule has 0 aliphatic carbocycles. The lowest BCUT2D eigenvalue weighted by atomic mass is 10.2. The van der Waals surface area contributed by atoms with Gasteiger partial charge in [0.15, 0.2) is 4.80 Å². The Morgan fingerprint density at radius 1 is 1.32 bits per heavy atom. The first kappa shape index (κ1) is 17.5. The van der Waals surface area contributed by atoms with Crippen LogP contribution in [0.1, 0.15) is 17.3 Å². The third-order valence-electron chi connectivity index (χ3n) is 3.50. The van der Waals surface area contributed by atoms with Gasteiger partial charge in [-0.1, -0.05) is 33.2 Å². The maximum Gasteiger partial charge on any atom is 0.279 e. The number of halogens is 1. The topological polar surface area (TPSA) is 43.6 Å². The van der Waals surface area contributed by atoms with E-state index in [2.05, 4.69) is 26.8 Å². The third-order valence-corrected chi connectivity index (χ3v) is 5.07. The molecule has 0 fully saturated rings. The molecule has 0 radical (unpaired) electrons. The monoisotopic (exact) mass is 414 g/mol. The van der Waals surface area contributed by atoms with Gasteiger partial charge in [0.2, 0.25) is 0 Å². The normalized spacial score (nSPS) is 11.5. The highest BCUT2D eigenvalue weighted by molar-refractivity contribution is 9.10. The van der Waals surface area contributed by atoms with Gasteiger partial charge in [0.1, 0.15) is 5.75 Å². The minimum absolute atomic E-state index is 0.296. The number of fused-ring (bicyclic) bond motifs is 1. The van der Waals surface area contributed by atoms with Crippen LogP contribution in [0.15, 0.2) is 51.9 Å². The summed E-state index contributed by atoms with van der Waals surface area (Å²) in [6.45, 7) is 2.88. The Labute approximate surface area is 157 Å². The lowest BCUT2D eigenvalue weighted by Crippen LogP contribution is -2.16. The Morgan fingerprint density at radius 3 is 2.76 bits per heavy atom. The van der Waals surface area contributed by atoms with Gasteiger partial charge in [-0.05, 0) is 49.4 Å². The van der Waals surface area contributed by atoms with E-state index >= 15 is 0 Å². The molecule has 2 aromatic carbocycles. The van der Waals surface area contributed by atoms with E-state index in [1.165, 1.54) is 11.3 Å². The van der Waals surface area contributed by atoms with Crippen LogP contribution in [0.25, 0.3) is 10.2 Å². The molecule has 1 heterocycles. The average molecular weight is 415 g/mol. The SMILES string of the molecule is C#CCn1c(=NC(=O)c2ccc(Br)cc2)sc2cc(OCC)ccc21. The molecule has 0 aliphatic heterocycles. The number of nitrogens with zero attached hydrogens (tertiary/aromatic N) is 2. The summed E-state index contributed by atoms with van der Waals surface area (Å²) < 4.78 is 9.30. The number of carbonyl (C=O) groups is 1. The number of hydrogen-bond acceptors (Lipinski definition) is 3. The molecule has 3 aromatic rings. The van der Waals surface area contributed by atoms with Crippen LogP contribution >= 0.6 is 27.3 Å². The molecule has 126 valence electrons.